The second-order valence-electron chi connectivity index (χ2n) is 5.46. The summed E-state index contributed by atoms with van der Waals surface area (Å²) in [4.78, 5) is 0. The Kier molecular flexibility index (Phi) is 4.85. The van der Waals surface area contributed by atoms with Gasteiger partial charge in [-0.2, -0.15) is 0 Å². The highest BCUT2D eigenvalue weighted by Crippen LogP contribution is 2.34. The van der Waals surface area contributed by atoms with Gasteiger partial charge in [-0.3, -0.25) is 0 Å². The van der Waals surface area contributed by atoms with Crippen LogP contribution in [0.25, 0.3) is 0 Å². The van der Waals surface area contributed by atoms with Gasteiger partial charge in [-0.25, -0.2) is 4.39 Å². The molecule has 1 aliphatic rings. The lowest BCUT2D eigenvalue weighted by atomic mass is 9.81. The third-order valence-electron chi connectivity index (χ3n) is 3.94. The first-order chi connectivity index (χ1) is 9.03. The summed E-state index contributed by atoms with van der Waals surface area (Å²) in [5.41, 5.74) is -0.225. The summed E-state index contributed by atoms with van der Waals surface area (Å²) in [5, 5.41) is 3.29. The lowest BCUT2D eigenvalue weighted by Gasteiger charge is -2.34. The zero-order valence-electron chi connectivity index (χ0n) is 11.5. The van der Waals surface area contributed by atoms with Crippen LogP contribution < -0.4 is 10.1 Å². The number of piperidine rings is 1. The summed E-state index contributed by atoms with van der Waals surface area (Å²) in [5.74, 6) is 0.857. The van der Waals surface area contributed by atoms with Crippen LogP contribution in [0.15, 0.2) is 22.7 Å². The predicted octanol–water partition coefficient (Wildman–Crippen LogP) is 3.73. The van der Waals surface area contributed by atoms with Crippen molar-refractivity contribution in [2.45, 2.75) is 31.9 Å². The molecule has 0 saturated carbocycles. The molecule has 1 heterocycles. The molecule has 1 fully saturated rings. The van der Waals surface area contributed by atoms with E-state index >= 15 is 0 Å². The van der Waals surface area contributed by atoms with Crippen molar-refractivity contribution in [2.75, 3.05) is 20.2 Å². The number of rotatable bonds is 4. The predicted molar refractivity (Wildman–Crippen MR) is 79.5 cm³/mol. The number of hydrogen-bond acceptors (Lipinski definition) is 2. The Hall–Kier alpha value is -0.610. The average Bonchev–Trinajstić information content (AvgIpc) is 2.42. The smallest absolute Gasteiger partial charge is 0.119 e. The van der Waals surface area contributed by atoms with Gasteiger partial charge < -0.3 is 10.1 Å². The van der Waals surface area contributed by atoms with E-state index in [4.69, 9.17) is 4.74 Å². The summed E-state index contributed by atoms with van der Waals surface area (Å²) >= 11 is 3.50. The maximum absolute atomic E-state index is 15.0. The SMILES string of the molecule is COc1ccc(Br)c(CC(C)(F)C2CCCNC2)c1. The van der Waals surface area contributed by atoms with Gasteiger partial charge in [0.05, 0.1) is 7.11 Å². The van der Waals surface area contributed by atoms with E-state index in [1.54, 1.807) is 14.0 Å². The van der Waals surface area contributed by atoms with Crippen molar-refractivity contribution < 1.29 is 9.13 Å². The van der Waals surface area contributed by atoms with Crippen molar-refractivity contribution in [3.63, 3.8) is 0 Å². The van der Waals surface area contributed by atoms with E-state index in [1.807, 2.05) is 18.2 Å². The van der Waals surface area contributed by atoms with Gasteiger partial charge >= 0.3 is 0 Å². The van der Waals surface area contributed by atoms with Gasteiger partial charge in [0.2, 0.25) is 0 Å². The first kappa shape index (κ1) is 14.8. The molecule has 2 rings (SSSR count). The zero-order valence-corrected chi connectivity index (χ0v) is 13.1. The van der Waals surface area contributed by atoms with Crippen LogP contribution in [0.1, 0.15) is 25.3 Å². The molecule has 0 radical (unpaired) electrons. The Morgan fingerprint density at radius 1 is 1.53 bits per heavy atom. The van der Waals surface area contributed by atoms with Crippen molar-refractivity contribution >= 4 is 15.9 Å². The van der Waals surface area contributed by atoms with Crippen molar-refractivity contribution in [1.82, 2.24) is 5.32 Å². The summed E-state index contributed by atoms with van der Waals surface area (Å²) in [6, 6.07) is 5.72. The van der Waals surface area contributed by atoms with E-state index in [9.17, 15) is 4.39 Å². The van der Waals surface area contributed by atoms with Crippen molar-refractivity contribution in [3.8, 4) is 5.75 Å². The molecule has 1 aromatic rings. The van der Waals surface area contributed by atoms with Gasteiger partial charge in [0, 0.05) is 23.4 Å². The fraction of sp³-hybridized carbons (Fsp3) is 0.600. The topological polar surface area (TPSA) is 21.3 Å². The van der Waals surface area contributed by atoms with Gasteiger partial charge in [-0.1, -0.05) is 15.9 Å². The van der Waals surface area contributed by atoms with Crippen LogP contribution in [0.2, 0.25) is 0 Å². The summed E-state index contributed by atoms with van der Waals surface area (Å²) < 4.78 is 21.1. The van der Waals surface area contributed by atoms with Crippen LogP contribution in [0.5, 0.6) is 5.75 Å². The van der Waals surface area contributed by atoms with E-state index in [0.717, 1.165) is 41.7 Å². The van der Waals surface area contributed by atoms with Gasteiger partial charge in [0.25, 0.3) is 0 Å². The quantitative estimate of drug-likeness (QED) is 0.908. The lowest BCUT2D eigenvalue weighted by molar-refractivity contribution is 0.0831. The van der Waals surface area contributed by atoms with Gasteiger partial charge in [-0.05, 0) is 50.1 Å². The van der Waals surface area contributed by atoms with Crippen molar-refractivity contribution in [1.29, 1.82) is 0 Å². The Morgan fingerprint density at radius 3 is 2.95 bits per heavy atom. The molecule has 1 saturated heterocycles. The maximum Gasteiger partial charge on any atom is 0.119 e. The third kappa shape index (κ3) is 3.69. The number of ether oxygens (including phenoxy) is 1. The molecule has 1 aromatic carbocycles. The van der Waals surface area contributed by atoms with Gasteiger partial charge in [0.15, 0.2) is 0 Å². The number of alkyl halides is 1. The number of methoxy groups -OCH3 is 1. The molecule has 0 amide bonds. The molecule has 0 aliphatic carbocycles. The van der Waals surface area contributed by atoms with Gasteiger partial charge in [0.1, 0.15) is 11.4 Å². The van der Waals surface area contributed by atoms with Crippen LogP contribution >= 0.6 is 15.9 Å². The Bertz CT molecular complexity index is 430. The Labute approximate surface area is 122 Å². The highest BCUT2D eigenvalue weighted by molar-refractivity contribution is 9.10. The van der Waals surface area contributed by atoms with Crippen LogP contribution in [-0.4, -0.2) is 25.9 Å². The first-order valence-electron chi connectivity index (χ1n) is 6.75. The summed E-state index contributed by atoms with van der Waals surface area (Å²) in [6.45, 7) is 3.50. The minimum Gasteiger partial charge on any atom is -0.497 e. The summed E-state index contributed by atoms with van der Waals surface area (Å²) in [7, 11) is 1.63. The van der Waals surface area contributed by atoms with Crippen LogP contribution in [-0.2, 0) is 6.42 Å². The fourth-order valence-electron chi connectivity index (χ4n) is 2.70. The minimum absolute atomic E-state index is 0.0827. The molecule has 0 spiro atoms. The molecule has 0 aromatic heterocycles. The largest absolute Gasteiger partial charge is 0.497 e. The van der Waals surface area contributed by atoms with E-state index in [-0.39, 0.29) is 5.92 Å². The number of halogens is 2. The van der Waals surface area contributed by atoms with Gasteiger partial charge in [-0.15, -0.1) is 0 Å². The highest BCUT2D eigenvalue weighted by atomic mass is 79.9. The zero-order chi connectivity index (χ0) is 13.9. The molecule has 1 aliphatic heterocycles. The van der Waals surface area contributed by atoms with E-state index in [1.165, 1.54) is 0 Å². The fourth-order valence-corrected chi connectivity index (χ4v) is 3.08. The van der Waals surface area contributed by atoms with E-state index in [2.05, 4.69) is 21.2 Å². The Morgan fingerprint density at radius 2 is 2.32 bits per heavy atom. The molecule has 106 valence electrons. The maximum atomic E-state index is 15.0. The monoisotopic (exact) mass is 329 g/mol. The first-order valence-corrected chi connectivity index (χ1v) is 7.54. The molecule has 19 heavy (non-hydrogen) atoms. The molecule has 2 atom stereocenters. The second-order valence-corrected chi connectivity index (χ2v) is 6.31. The van der Waals surface area contributed by atoms with E-state index in [0.29, 0.717) is 6.42 Å². The second kappa shape index (κ2) is 6.23. The van der Waals surface area contributed by atoms with E-state index < -0.39 is 5.67 Å². The summed E-state index contributed by atoms with van der Waals surface area (Å²) in [6.07, 6.45) is 2.43. The lowest BCUT2D eigenvalue weighted by Crippen LogP contribution is -2.42. The highest BCUT2D eigenvalue weighted by Gasteiger charge is 2.35. The van der Waals surface area contributed by atoms with Crippen LogP contribution in [0.4, 0.5) is 4.39 Å². The Balaban J connectivity index is 2.14. The molecular weight excluding hydrogens is 309 g/mol. The van der Waals surface area contributed by atoms with Crippen molar-refractivity contribution in [2.24, 2.45) is 5.92 Å². The van der Waals surface area contributed by atoms with Crippen LogP contribution in [0.3, 0.4) is 0 Å². The number of nitrogens with one attached hydrogen (secondary N) is 1. The molecule has 0 bridgehead atoms. The van der Waals surface area contributed by atoms with Crippen LogP contribution in [0, 0.1) is 5.92 Å². The molecule has 4 heteroatoms. The molecular formula is C15H21BrFNO. The number of benzene rings is 1. The average molecular weight is 330 g/mol. The normalized spacial score (nSPS) is 22.8. The minimum atomic E-state index is -1.19. The number of hydrogen-bond donors (Lipinski definition) is 1. The molecule has 2 unspecified atom stereocenters. The molecule has 1 N–H and O–H groups in total. The van der Waals surface area contributed by atoms with Crippen molar-refractivity contribution in [3.05, 3.63) is 28.2 Å². The standard InChI is InChI=1S/C15H21BrFNO/c1-15(17,12-4-3-7-18-10-12)9-11-8-13(19-2)5-6-14(11)16/h5-6,8,12,18H,3-4,7,9-10H2,1-2H3. The third-order valence-corrected chi connectivity index (χ3v) is 4.71. The molecule has 2 nitrogen and oxygen atoms in total.